The van der Waals surface area contributed by atoms with Gasteiger partial charge in [-0.2, -0.15) is 0 Å². The van der Waals surface area contributed by atoms with Gasteiger partial charge in [0, 0.05) is 26.3 Å². The van der Waals surface area contributed by atoms with Crippen LogP contribution in [0.2, 0.25) is 5.15 Å². The Kier molecular flexibility index (Phi) is 8.02. The Bertz CT molecular complexity index is 870. The Morgan fingerprint density at radius 3 is 2.59 bits per heavy atom. The van der Waals surface area contributed by atoms with Crippen LogP contribution in [0, 0.1) is 0 Å². The topological polar surface area (TPSA) is 95.5 Å². The number of aromatic nitrogens is 1. The summed E-state index contributed by atoms with van der Waals surface area (Å²) in [4.78, 5) is 8.25. The molecule has 1 aromatic heterocycles. The highest BCUT2D eigenvalue weighted by atomic mass is 35.5. The number of nitrogens with one attached hydrogen (secondary N) is 3. The fourth-order valence-corrected chi connectivity index (χ4v) is 3.28. The van der Waals surface area contributed by atoms with Crippen molar-refractivity contribution in [3.63, 3.8) is 0 Å². The maximum Gasteiger partial charge on any atom is 0.215 e. The van der Waals surface area contributed by atoms with Gasteiger partial charge in [-0.25, -0.2) is 18.1 Å². The van der Waals surface area contributed by atoms with E-state index in [9.17, 15) is 8.42 Å². The summed E-state index contributed by atoms with van der Waals surface area (Å²) in [5.41, 5.74) is 2.80. The molecule has 0 saturated heterocycles. The number of nitrogens with zero attached hydrogens (tertiary/aromatic N) is 2. The van der Waals surface area contributed by atoms with Gasteiger partial charge in [-0.1, -0.05) is 41.9 Å². The number of hydrogen-bond donors (Lipinski definition) is 3. The lowest BCUT2D eigenvalue weighted by molar-refractivity contribution is 0.587. The van der Waals surface area contributed by atoms with Crippen LogP contribution in [0.3, 0.4) is 0 Å². The summed E-state index contributed by atoms with van der Waals surface area (Å²) in [6, 6.07) is 11.2. The van der Waals surface area contributed by atoms with Gasteiger partial charge >= 0.3 is 0 Å². The first-order chi connectivity index (χ1) is 12.9. The fraction of sp³-hybridized carbons (Fsp3) is 0.333. The molecule has 7 nitrogen and oxygen atoms in total. The van der Waals surface area contributed by atoms with Crippen molar-refractivity contribution in [1.29, 1.82) is 0 Å². The molecule has 0 aliphatic heterocycles. The van der Waals surface area contributed by atoms with E-state index < -0.39 is 10.0 Å². The lowest BCUT2D eigenvalue weighted by Crippen LogP contribution is -2.37. The van der Waals surface area contributed by atoms with Crippen molar-refractivity contribution in [2.45, 2.75) is 18.7 Å². The SMILES string of the molecule is CN=C(NCCc1ccc(Cl)nc1)NCc1cccc(CS(=O)(=O)NC)c1. The molecule has 27 heavy (non-hydrogen) atoms. The molecular weight excluding hydrogens is 386 g/mol. The molecule has 0 atom stereocenters. The van der Waals surface area contributed by atoms with E-state index in [1.54, 1.807) is 25.4 Å². The van der Waals surface area contributed by atoms with Crippen molar-refractivity contribution < 1.29 is 8.42 Å². The van der Waals surface area contributed by atoms with Crippen LogP contribution in [-0.4, -0.2) is 40.0 Å². The van der Waals surface area contributed by atoms with Gasteiger partial charge in [-0.05, 0) is 36.2 Å². The standard InChI is InChI=1S/C18H24ClN5O2S/c1-20-18(22-9-8-14-6-7-17(19)23-11-14)24-12-15-4-3-5-16(10-15)13-27(25,26)21-2/h3-7,10-11,21H,8-9,12-13H2,1-2H3,(H2,20,22,24). The number of benzene rings is 1. The first kappa shape index (κ1) is 21.1. The van der Waals surface area contributed by atoms with Crippen molar-refractivity contribution in [1.82, 2.24) is 20.3 Å². The summed E-state index contributed by atoms with van der Waals surface area (Å²) in [5, 5.41) is 6.94. The number of rotatable bonds is 8. The average molecular weight is 410 g/mol. The van der Waals surface area contributed by atoms with E-state index in [1.807, 2.05) is 24.3 Å². The van der Waals surface area contributed by atoms with Gasteiger partial charge in [0.2, 0.25) is 10.0 Å². The van der Waals surface area contributed by atoms with Gasteiger partial charge in [0.1, 0.15) is 5.15 Å². The molecule has 0 bridgehead atoms. The molecule has 2 aromatic rings. The third kappa shape index (κ3) is 7.54. The van der Waals surface area contributed by atoms with E-state index in [1.165, 1.54) is 7.05 Å². The second kappa shape index (κ2) is 10.2. The lowest BCUT2D eigenvalue weighted by atomic mass is 10.1. The monoisotopic (exact) mass is 409 g/mol. The van der Waals surface area contributed by atoms with Crippen LogP contribution in [0.5, 0.6) is 0 Å². The maximum atomic E-state index is 11.7. The van der Waals surface area contributed by atoms with Gasteiger partial charge in [0.25, 0.3) is 0 Å². The highest BCUT2D eigenvalue weighted by molar-refractivity contribution is 7.88. The van der Waals surface area contributed by atoms with Crippen molar-refractivity contribution in [3.05, 3.63) is 64.4 Å². The molecular formula is C18H24ClN5O2S. The van der Waals surface area contributed by atoms with Crippen molar-refractivity contribution in [2.75, 3.05) is 20.6 Å². The van der Waals surface area contributed by atoms with Crippen LogP contribution < -0.4 is 15.4 Å². The summed E-state index contributed by atoms with van der Waals surface area (Å²) in [6.07, 6.45) is 2.55. The van der Waals surface area contributed by atoms with E-state index in [-0.39, 0.29) is 5.75 Å². The lowest BCUT2D eigenvalue weighted by Gasteiger charge is -2.12. The largest absolute Gasteiger partial charge is 0.356 e. The molecule has 146 valence electrons. The minimum atomic E-state index is -3.29. The number of guanidine groups is 1. The van der Waals surface area contributed by atoms with Gasteiger partial charge in [0.05, 0.1) is 5.75 Å². The summed E-state index contributed by atoms with van der Waals surface area (Å²) in [5.74, 6) is 0.629. The average Bonchev–Trinajstić information content (AvgIpc) is 2.66. The van der Waals surface area contributed by atoms with Crippen LogP contribution in [0.4, 0.5) is 0 Å². The second-order valence-corrected chi connectivity index (χ2v) is 8.19. The van der Waals surface area contributed by atoms with Crippen LogP contribution >= 0.6 is 11.6 Å². The number of aliphatic imine (C=N–C) groups is 1. The molecule has 0 aliphatic rings. The van der Waals surface area contributed by atoms with Crippen molar-refractivity contribution in [2.24, 2.45) is 4.99 Å². The third-order valence-corrected chi connectivity index (χ3v) is 5.40. The van der Waals surface area contributed by atoms with Crippen LogP contribution in [0.1, 0.15) is 16.7 Å². The molecule has 0 amide bonds. The minimum absolute atomic E-state index is 0.0422. The summed E-state index contributed by atoms with van der Waals surface area (Å²) in [7, 11) is -0.170. The molecule has 0 spiro atoms. The smallest absolute Gasteiger partial charge is 0.215 e. The van der Waals surface area contributed by atoms with Gasteiger partial charge in [-0.15, -0.1) is 0 Å². The predicted octanol–water partition coefficient (Wildman–Crippen LogP) is 1.69. The second-order valence-electron chi connectivity index (χ2n) is 5.87. The van der Waals surface area contributed by atoms with Crippen molar-refractivity contribution >= 4 is 27.6 Å². The van der Waals surface area contributed by atoms with Crippen LogP contribution in [0.15, 0.2) is 47.6 Å². The van der Waals surface area contributed by atoms with E-state index in [4.69, 9.17) is 11.6 Å². The molecule has 1 heterocycles. The summed E-state index contributed by atoms with van der Waals surface area (Å²) in [6.45, 7) is 1.24. The van der Waals surface area contributed by atoms with Crippen molar-refractivity contribution in [3.8, 4) is 0 Å². The Morgan fingerprint density at radius 1 is 1.15 bits per heavy atom. The summed E-state index contributed by atoms with van der Waals surface area (Å²) < 4.78 is 25.7. The molecule has 1 aromatic carbocycles. The van der Waals surface area contributed by atoms with E-state index in [2.05, 4.69) is 25.3 Å². The Morgan fingerprint density at radius 2 is 1.93 bits per heavy atom. The number of sulfonamides is 1. The molecule has 2 rings (SSSR count). The minimum Gasteiger partial charge on any atom is -0.356 e. The molecule has 9 heteroatoms. The molecule has 0 unspecified atom stereocenters. The molecule has 0 fully saturated rings. The maximum absolute atomic E-state index is 11.7. The predicted molar refractivity (Wildman–Crippen MR) is 109 cm³/mol. The van der Waals surface area contributed by atoms with E-state index >= 15 is 0 Å². The highest BCUT2D eigenvalue weighted by Gasteiger charge is 2.09. The Balaban J connectivity index is 1.84. The third-order valence-electron chi connectivity index (χ3n) is 3.84. The number of halogens is 1. The summed E-state index contributed by atoms with van der Waals surface area (Å²) >= 11 is 5.78. The van der Waals surface area contributed by atoms with Gasteiger partial charge in [0.15, 0.2) is 5.96 Å². The Labute approximate surface area is 165 Å². The van der Waals surface area contributed by atoms with Crippen LogP contribution in [-0.2, 0) is 28.7 Å². The first-order valence-corrected chi connectivity index (χ1v) is 10.5. The highest BCUT2D eigenvalue weighted by Crippen LogP contribution is 2.09. The number of pyridine rings is 1. The van der Waals surface area contributed by atoms with E-state index in [0.717, 1.165) is 23.1 Å². The van der Waals surface area contributed by atoms with E-state index in [0.29, 0.717) is 24.2 Å². The normalized spacial score (nSPS) is 12.0. The first-order valence-electron chi connectivity index (χ1n) is 8.46. The van der Waals surface area contributed by atoms with Gasteiger partial charge < -0.3 is 10.6 Å². The van der Waals surface area contributed by atoms with Crippen LogP contribution in [0.25, 0.3) is 0 Å². The molecule has 0 saturated carbocycles. The van der Waals surface area contributed by atoms with Gasteiger partial charge in [-0.3, -0.25) is 4.99 Å². The molecule has 0 radical (unpaired) electrons. The molecule has 3 N–H and O–H groups in total. The zero-order valence-corrected chi connectivity index (χ0v) is 16.9. The zero-order chi connectivity index (χ0) is 19.7. The quantitative estimate of drug-likeness (QED) is 0.350. The zero-order valence-electron chi connectivity index (χ0n) is 15.4. The number of hydrogen-bond acceptors (Lipinski definition) is 4. The Hall–Kier alpha value is -2.16. The molecule has 0 aliphatic carbocycles. The fourth-order valence-electron chi connectivity index (χ4n) is 2.41.